The monoisotopic (exact) mass is 1410 g/mol. The van der Waals surface area contributed by atoms with Gasteiger partial charge in [0.15, 0.2) is 0 Å². The van der Waals surface area contributed by atoms with Crippen LogP contribution in [-0.2, 0) is 19.1 Å². The van der Waals surface area contributed by atoms with Crippen molar-refractivity contribution >= 4 is 81.1 Å². The molecular weight excluding hydrogens is 1310 g/mol. The van der Waals surface area contributed by atoms with Crippen LogP contribution in [0.1, 0.15) is 264 Å². The normalized spacial score (nSPS) is 11.6. The smallest absolute Gasteiger partial charge is 0.338 e. The zero-order valence-electron chi connectivity index (χ0n) is 61.1. The Morgan fingerprint density at radius 3 is 1.44 bits per heavy atom. The Kier molecular flexibility index (Phi) is 34.8. The van der Waals surface area contributed by atoms with Crippen molar-refractivity contribution in [1.82, 2.24) is 20.9 Å². The minimum absolute atomic E-state index is 0.00246. The Labute approximate surface area is 607 Å². The van der Waals surface area contributed by atoms with Gasteiger partial charge in [0.05, 0.1) is 61.7 Å². The van der Waals surface area contributed by atoms with Gasteiger partial charge in [-0.1, -0.05) is 193 Å². The fourth-order valence-corrected chi connectivity index (χ4v) is 12.0. The van der Waals surface area contributed by atoms with E-state index in [2.05, 4.69) is 59.6 Å². The molecule has 554 valence electrons. The van der Waals surface area contributed by atoms with Gasteiger partial charge in [-0.25, -0.2) is 4.79 Å². The summed E-state index contributed by atoms with van der Waals surface area (Å²) >= 11 is 0. The third-order valence-electron chi connectivity index (χ3n) is 17.7. The summed E-state index contributed by atoms with van der Waals surface area (Å²) in [4.78, 5) is 126. The van der Waals surface area contributed by atoms with Gasteiger partial charge in [-0.2, -0.15) is 0 Å². The third kappa shape index (κ3) is 26.2. The summed E-state index contributed by atoms with van der Waals surface area (Å²) in [7, 11) is 0. The number of anilines is 3. The summed E-state index contributed by atoms with van der Waals surface area (Å²) in [5.41, 5.74) is 1.14. The van der Waals surface area contributed by atoms with Gasteiger partial charge in [0, 0.05) is 58.0 Å². The summed E-state index contributed by atoms with van der Waals surface area (Å²) in [6.07, 6.45) is 24.7. The fraction of sp³-hybridized carbons (Fsp3) is 0.476. The number of ether oxygens (including phenoxy) is 5. The highest BCUT2D eigenvalue weighted by Gasteiger charge is 2.34. The molecule has 0 saturated heterocycles. The highest BCUT2D eigenvalue weighted by atomic mass is 16.5. The number of carbonyl (C=O) groups is 9. The van der Waals surface area contributed by atoms with Crippen molar-refractivity contribution in [2.75, 3.05) is 68.6 Å². The van der Waals surface area contributed by atoms with Crippen LogP contribution in [0.4, 0.5) is 17.1 Å². The Hall–Kier alpha value is -9.79. The molecule has 6 N–H and O–H groups in total. The van der Waals surface area contributed by atoms with Crippen molar-refractivity contribution in [3.05, 3.63) is 143 Å². The summed E-state index contributed by atoms with van der Waals surface area (Å²) in [5, 5.41) is 17.7. The lowest BCUT2D eigenvalue weighted by atomic mass is 9.93. The van der Waals surface area contributed by atoms with E-state index in [1.165, 1.54) is 36.8 Å². The molecule has 21 nitrogen and oxygen atoms in total. The number of imide groups is 1. The van der Waals surface area contributed by atoms with Crippen LogP contribution in [0.2, 0.25) is 0 Å². The second kappa shape index (κ2) is 44.6. The number of hydrogen-bond acceptors (Lipinski definition) is 14. The van der Waals surface area contributed by atoms with E-state index in [1.807, 2.05) is 25.1 Å². The molecule has 6 aromatic rings. The molecular formula is C82H107N7O14. The predicted octanol–water partition coefficient (Wildman–Crippen LogP) is 16.9. The molecule has 1 aliphatic heterocycles. The first-order valence-electron chi connectivity index (χ1n) is 37.6. The average Bonchev–Trinajstić information content (AvgIpc) is 0.741. The molecule has 21 heteroatoms. The summed E-state index contributed by atoms with van der Waals surface area (Å²) in [5.74, 6) is -3.72. The van der Waals surface area contributed by atoms with Crippen LogP contribution in [0.15, 0.2) is 109 Å². The lowest BCUT2D eigenvalue weighted by molar-refractivity contribution is -0.116. The Morgan fingerprint density at radius 1 is 0.388 bits per heavy atom. The van der Waals surface area contributed by atoms with E-state index in [-0.39, 0.29) is 93.3 Å². The molecule has 0 atom stereocenters. The highest BCUT2D eigenvalue weighted by Crippen LogP contribution is 2.38. The van der Waals surface area contributed by atoms with Crippen LogP contribution >= 0.6 is 0 Å². The van der Waals surface area contributed by atoms with Gasteiger partial charge >= 0.3 is 5.97 Å². The molecule has 0 radical (unpaired) electrons. The van der Waals surface area contributed by atoms with Crippen LogP contribution < -0.4 is 50.8 Å². The standard InChI is InChI=1S/C82H107N7O14/c1-6-11-16-20-23-31-46-99-69-42-40-59(86-74(91)56-85-79(95)68-54-67(77(93)83-44-30-19-14-9-4)71(100-47-32-24-21-17-12-7-2)55-72(68)101-48-33-25-22-18-13-8-3)53-66(69)78(94)84-57-75(92)88-61-51-58(50-60(52-61)87-73(90)39-27-15-10-5)82(98)102-49-45-89-80(96)64-38-34-37-63-70(103-62-35-28-26-29-36-62)43-41-65(76(63)64)81(89)97/h26,28-29,34-38,40-43,50-55H,6-25,27,30-33,39,44-49,56-57H2,1-5H3,(H,83,93)(H,84,94)(H,85,95)(H,86,91)(H,87,90)(H,88,92). The van der Waals surface area contributed by atoms with Gasteiger partial charge in [0.2, 0.25) is 17.7 Å². The van der Waals surface area contributed by atoms with Gasteiger partial charge < -0.3 is 55.6 Å². The molecule has 6 aromatic carbocycles. The molecule has 8 amide bonds. The summed E-state index contributed by atoms with van der Waals surface area (Å²) in [6.45, 7) is 10.3. The topological polar surface area (TPSA) is 275 Å². The number of carbonyl (C=O) groups excluding carboxylic acids is 9. The van der Waals surface area contributed by atoms with Gasteiger partial charge in [0.25, 0.3) is 29.5 Å². The number of para-hydroxylation sites is 1. The zero-order chi connectivity index (χ0) is 73.6. The van der Waals surface area contributed by atoms with Gasteiger partial charge in [0.1, 0.15) is 35.4 Å². The first kappa shape index (κ1) is 80.5. The minimum atomic E-state index is -0.883. The molecule has 0 spiro atoms. The number of esters is 1. The van der Waals surface area contributed by atoms with Crippen molar-refractivity contribution in [3.63, 3.8) is 0 Å². The Morgan fingerprint density at radius 2 is 0.864 bits per heavy atom. The number of nitrogens with zero attached hydrogens (tertiary/aromatic N) is 1. The number of rotatable bonds is 49. The number of amides is 8. The van der Waals surface area contributed by atoms with Crippen LogP contribution in [0.3, 0.4) is 0 Å². The van der Waals surface area contributed by atoms with E-state index >= 15 is 0 Å². The predicted molar refractivity (Wildman–Crippen MR) is 403 cm³/mol. The minimum Gasteiger partial charge on any atom is -0.493 e. The second-order valence-corrected chi connectivity index (χ2v) is 26.1. The zero-order valence-corrected chi connectivity index (χ0v) is 61.1. The van der Waals surface area contributed by atoms with E-state index in [1.54, 1.807) is 60.7 Å². The largest absolute Gasteiger partial charge is 0.493 e. The fourth-order valence-electron chi connectivity index (χ4n) is 12.0. The number of unbranched alkanes of at least 4 members (excludes halogenated alkanes) is 20. The maximum Gasteiger partial charge on any atom is 0.338 e. The molecule has 0 aromatic heterocycles. The SMILES string of the molecule is CCCCCCCCOc1cc(OCCCCCCCC)c(C(=O)NCC(=O)Nc2ccc(OCCCCCCCC)c(C(=O)NCC(=O)Nc3cc(NC(=O)CCCCC)cc(C(=O)OCCN4C(=O)c5cccc6c(Oc7ccccc7)ccc(c56)C4=O)c3)c2)cc1C(=O)NCCCCCC. The summed E-state index contributed by atoms with van der Waals surface area (Å²) in [6, 6.07) is 29.3. The van der Waals surface area contributed by atoms with E-state index < -0.39 is 61.1 Å². The molecule has 1 aliphatic rings. The van der Waals surface area contributed by atoms with Gasteiger partial charge in [-0.3, -0.25) is 43.3 Å². The van der Waals surface area contributed by atoms with Crippen LogP contribution in [0, 0.1) is 0 Å². The van der Waals surface area contributed by atoms with Crippen molar-refractivity contribution < 1.29 is 66.8 Å². The molecule has 1 heterocycles. The first-order valence-corrected chi connectivity index (χ1v) is 37.6. The van der Waals surface area contributed by atoms with Crippen LogP contribution in [0.25, 0.3) is 10.8 Å². The van der Waals surface area contributed by atoms with Gasteiger partial charge in [-0.15, -0.1) is 0 Å². The summed E-state index contributed by atoms with van der Waals surface area (Å²) < 4.78 is 30.6. The molecule has 0 fully saturated rings. The van der Waals surface area contributed by atoms with E-state index in [0.717, 1.165) is 146 Å². The van der Waals surface area contributed by atoms with Crippen molar-refractivity contribution in [2.45, 2.75) is 202 Å². The maximum absolute atomic E-state index is 14.3. The van der Waals surface area contributed by atoms with Crippen LogP contribution in [0.5, 0.6) is 28.7 Å². The lowest BCUT2D eigenvalue weighted by Gasteiger charge is -2.27. The quantitative estimate of drug-likeness (QED) is 0.0118. The second-order valence-electron chi connectivity index (χ2n) is 26.1. The van der Waals surface area contributed by atoms with E-state index in [0.29, 0.717) is 60.6 Å². The maximum atomic E-state index is 14.3. The Bertz CT molecular complexity index is 3760. The first-order chi connectivity index (χ1) is 50.2. The number of nitrogens with one attached hydrogen (secondary N) is 6. The molecule has 0 unspecified atom stereocenters. The highest BCUT2D eigenvalue weighted by molar-refractivity contribution is 6.26. The number of benzene rings is 6. The molecule has 0 saturated carbocycles. The third-order valence-corrected chi connectivity index (χ3v) is 17.7. The number of hydrogen-bond donors (Lipinski definition) is 6. The molecule has 103 heavy (non-hydrogen) atoms. The van der Waals surface area contributed by atoms with Crippen molar-refractivity contribution in [3.8, 4) is 28.7 Å². The molecule has 0 bridgehead atoms. The van der Waals surface area contributed by atoms with Crippen LogP contribution in [-0.4, -0.2) is 111 Å². The van der Waals surface area contributed by atoms with Crippen molar-refractivity contribution in [2.24, 2.45) is 0 Å². The van der Waals surface area contributed by atoms with Gasteiger partial charge in [-0.05, 0) is 105 Å². The Balaban J connectivity index is 1.03. The van der Waals surface area contributed by atoms with E-state index in [4.69, 9.17) is 23.7 Å². The van der Waals surface area contributed by atoms with E-state index in [9.17, 15) is 43.2 Å². The lowest BCUT2D eigenvalue weighted by Crippen LogP contribution is -2.42. The molecule has 0 aliphatic carbocycles. The molecule has 7 rings (SSSR count). The van der Waals surface area contributed by atoms with Crippen molar-refractivity contribution in [1.29, 1.82) is 0 Å². The average molecular weight is 1410 g/mol.